The summed E-state index contributed by atoms with van der Waals surface area (Å²) >= 11 is 2.25. The Hall–Kier alpha value is -1.15. The van der Waals surface area contributed by atoms with Crippen LogP contribution >= 0.6 is 15.9 Å². The second-order valence-electron chi connectivity index (χ2n) is 8.85. The number of anilines is 1. The van der Waals surface area contributed by atoms with Crippen molar-refractivity contribution in [3.8, 4) is 0 Å². The minimum atomic E-state index is -1.10. The van der Waals surface area contributed by atoms with E-state index in [0.717, 1.165) is 42.8 Å². The molecule has 1 saturated heterocycles. The summed E-state index contributed by atoms with van der Waals surface area (Å²) in [7, 11) is 0. The summed E-state index contributed by atoms with van der Waals surface area (Å²) < 4.78 is 16.9. The van der Waals surface area contributed by atoms with Crippen LogP contribution in [0.3, 0.4) is 0 Å². The number of halogens is 1. The molecule has 5 nitrogen and oxygen atoms in total. The number of rotatable bonds is 3. The molecule has 2 aromatic rings. The zero-order valence-electron chi connectivity index (χ0n) is 16.6. The van der Waals surface area contributed by atoms with Crippen LogP contribution in [0.5, 0.6) is 0 Å². The number of hydrogen-bond donors (Lipinski definition) is 1. The molecule has 2 atom stereocenters. The Morgan fingerprint density at radius 3 is 2.54 bits per heavy atom. The van der Waals surface area contributed by atoms with Crippen molar-refractivity contribution in [3.05, 3.63) is 52.4 Å². The minimum Gasteiger partial charge on any atom is -0.598 e. The molecule has 28 heavy (non-hydrogen) atoms. The van der Waals surface area contributed by atoms with Crippen molar-refractivity contribution < 1.29 is 4.55 Å². The Kier molecular flexibility index (Phi) is 5.46. The van der Waals surface area contributed by atoms with Crippen LogP contribution in [0, 0.1) is 5.41 Å². The molecule has 1 aliphatic carbocycles. The van der Waals surface area contributed by atoms with Gasteiger partial charge in [-0.25, -0.2) is 9.97 Å². The average molecular weight is 463 g/mol. The van der Waals surface area contributed by atoms with Crippen molar-refractivity contribution >= 4 is 33.1 Å². The van der Waals surface area contributed by atoms with Crippen LogP contribution in [0.15, 0.2) is 41.3 Å². The molecule has 1 aliphatic heterocycles. The Morgan fingerprint density at radius 1 is 1.18 bits per heavy atom. The maximum absolute atomic E-state index is 12.9. The Morgan fingerprint density at radius 2 is 1.89 bits per heavy atom. The molecule has 0 amide bonds. The number of fused-ring (bicyclic) bond motifs is 1. The van der Waals surface area contributed by atoms with Gasteiger partial charge in [0.2, 0.25) is 0 Å². The van der Waals surface area contributed by atoms with Crippen molar-refractivity contribution in [1.29, 1.82) is 0 Å². The Balaban J connectivity index is 1.56. The predicted octanol–water partition coefficient (Wildman–Crippen LogP) is 4.17. The van der Waals surface area contributed by atoms with Gasteiger partial charge in [-0.3, -0.25) is 0 Å². The van der Waals surface area contributed by atoms with Crippen LogP contribution in [-0.2, 0) is 17.8 Å². The number of benzene rings is 1. The van der Waals surface area contributed by atoms with E-state index in [-0.39, 0.29) is 16.2 Å². The van der Waals surface area contributed by atoms with Crippen LogP contribution in [-0.4, -0.2) is 32.4 Å². The van der Waals surface area contributed by atoms with Gasteiger partial charge in [-0.05, 0) is 67.1 Å². The second kappa shape index (κ2) is 7.59. The molecule has 1 fully saturated rings. The van der Waals surface area contributed by atoms with Crippen molar-refractivity contribution in [3.63, 3.8) is 0 Å². The molecule has 2 aliphatic rings. The van der Waals surface area contributed by atoms with E-state index in [1.54, 1.807) is 6.20 Å². The molecule has 150 valence electrons. The fourth-order valence-electron chi connectivity index (χ4n) is 4.38. The molecule has 1 unspecified atom stereocenters. The quantitative estimate of drug-likeness (QED) is 0.693. The highest BCUT2D eigenvalue weighted by Gasteiger charge is 2.50. The molecule has 1 aromatic heterocycles. The van der Waals surface area contributed by atoms with Crippen LogP contribution in [0.4, 0.5) is 5.82 Å². The molecule has 1 N–H and O–H groups in total. The molecular weight excluding hydrogens is 436 g/mol. The first-order valence-electron chi connectivity index (χ1n) is 9.77. The second-order valence-corrected chi connectivity index (χ2v) is 11.7. The summed E-state index contributed by atoms with van der Waals surface area (Å²) in [5, 5.41) is 0. The maximum Gasteiger partial charge on any atom is 0.147 e. The third kappa shape index (κ3) is 3.82. The third-order valence-electron chi connectivity index (χ3n) is 5.99. The first-order valence-corrected chi connectivity index (χ1v) is 11.7. The summed E-state index contributed by atoms with van der Waals surface area (Å²) in [6.45, 7) is 7.95. The number of aromatic nitrogens is 2. The van der Waals surface area contributed by atoms with Crippen molar-refractivity contribution in [2.24, 2.45) is 5.41 Å². The van der Waals surface area contributed by atoms with Gasteiger partial charge in [-0.1, -0.05) is 24.3 Å². The van der Waals surface area contributed by atoms with E-state index in [0.29, 0.717) is 0 Å². The molecule has 4 rings (SSSR count). The molecule has 7 heteroatoms. The van der Waals surface area contributed by atoms with Gasteiger partial charge in [0.25, 0.3) is 0 Å². The fraction of sp³-hybridized carbons (Fsp3) is 0.524. The maximum atomic E-state index is 12.9. The van der Waals surface area contributed by atoms with Crippen LogP contribution in [0.2, 0.25) is 0 Å². The lowest BCUT2D eigenvalue weighted by atomic mass is 9.73. The molecule has 1 aromatic carbocycles. The monoisotopic (exact) mass is 462 g/mol. The van der Waals surface area contributed by atoms with Gasteiger partial charge in [0, 0.05) is 29.9 Å². The lowest BCUT2D eigenvalue weighted by Crippen LogP contribution is -2.49. The van der Waals surface area contributed by atoms with Gasteiger partial charge in [0.1, 0.15) is 15.2 Å². The summed E-state index contributed by atoms with van der Waals surface area (Å²) in [4.78, 5) is 11.1. The van der Waals surface area contributed by atoms with Gasteiger partial charge in [-0.2, -0.15) is 0 Å². The van der Waals surface area contributed by atoms with E-state index >= 15 is 0 Å². The standard InChI is InChI=1S/C21H27BrN4OS/c1-20(2,3)28(27)25-19-16-7-5-4-6-15(16)12-21(19)8-10-26(11-9-21)18-14-23-17(22)13-24-18/h4-7,13-14,19,25H,8-12H2,1-3H3/t19-,28?/m1/s1. The Bertz CT molecular complexity index is 831. The van der Waals surface area contributed by atoms with E-state index < -0.39 is 11.4 Å². The minimum absolute atomic E-state index is 0.101. The van der Waals surface area contributed by atoms with Crippen LogP contribution in [0.25, 0.3) is 0 Å². The number of hydrogen-bond acceptors (Lipinski definition) is 5. The lowest BCUT2D eigenvalue weighted by Gasteiger charge is -2.44. The van der Waals surface area contributed by atoms with E-state index in [1.807, 2.05) is 27.0 Å². The fourth-order valence-corrected chi connectivity index (χ4v) is 5.53. The van der Waals surface area contributed by atoms with Crippen molar-refractivity contribution in [2.75, 3.05) is 18.0 Å². The van der Waals surface area contributed by atoms with E-state index in [2.05, 4.69) is 59.8 Å². The molecule has 0 bridgehead atoms. The summed E-state index contributed by atoms with van der Waals surface area (Å²) in [5.74, 6) is 0.927. The smallest absolute Gasteiger partial charge is 0.147 e. The lowest BCUT2D eigenvalue weighted by molar-refractivity contribution is 0.176. The first-order chi connectivity index (χ1) is 13.3. The summed E-state index contributed by atoms with van der Waals surface area (Å²) in [6.07, 6.45) is 6.71. The van der Waals surface area contributed by atoms with Crippen LogP contribution < -0.4 is 9.62 Å². The summed E-state index contributed by atoms with van der Waals surface area (Å²) in [6, 6.07) is 8.77. The summed E-state index contributed by atoms with van der Waals surface area (Å²) in [5.41, 5.74) is 2.81. The molecule has 2 heterocycles. The number of nitrogens with one attached hydrogen (secondary N) is 1. The molecular formula is C21H27BrN4OS. The van der Waals surface area contributed by atoms with Gasteiger partial charge in [0.15, 0.2) is 0 Å². The largest absolute Gasteiger partial charge is 0.598 e. The van der Waals surface area contributed by atoms with Gasteiger partial charge < -0.3 is 9.45 Å². The normalized spacial score (nSPS) is 22.3. The molecule has 0 saturated carbocycles. The highest BCUT2D eigenvalue weighted by molar-refractivity contribution is 9.10. The van der Waals surface area contributed by atoms with E-state index in [4.69, 9.17) is 0 Å². The van der Waals surface area contributed by atoms with Gasteiger partial charge in [-0.15, -0.1) is 4.72 Å². The Labute approximate surface area is 178 Å². The topological polar surface area (TPSA) is 64.1 Å². The van der Waals surface area contributed by atoms with Crippen molar-refractivity contribution in [1.82, 2.24) is 14.7 Å². The average Bonchev–Trinajstić information content (AvgIpc) is 2.95. The van der Waals surface area contributed by atoms with E-state index in [1.165, 1.54) is 11.1 Å². The number of piperidine rings is 1. The van der Waals surface area contributed by atoms with Crippen molar-refractivity contribution in [2.45, 2.75) is 50.8 Å². The molecule has 1 spiro atoms. The first kappa shape index (κ1) is 20.1. The van der Waals surface area contributed by atoms with Gasteiger partial charge >= 0.3 is 0 Å². The zero-order valence-corrected chi connectivity index (χ0v) is 19.0. The van der Waals surface area contributed by atoms with Gasteiger partial charge in [0.05, 0.1) is 18.4 Å². The highest BCUT2D eigenvalue weighted by atomic mass is 79.9. The SMILES string of the molecule is CC(C)(C)[S+]([O-])N[C@@H]1c2ccccc2CC12CCN(c1cnc(Br)cn1)CC2. The number of nitrogens with zero attached hydrogens (tertiary/aromatic N) is 3. The van der Waals surface area contributed by atoms with E-state index in [9.17, 15) is 4.55 Å². The molecule has 0 radical (unpaired) electrons. The predicted molar refractivity (Wildman–Crippen MR) is 118 cm³/mol. The highest BCUT2D eigenvalue weighted by Crippen LogP contribution is 2.52. The third-order valence-corrected chi connectivity index (χ3v) is 7.96. The van der Waals surface area contributed by atoms with Crippen LogP contribution in [0.1, 0.15) is 50.8 Å². The zero-order chi connectivity index (χ0) is 19.9.